The molecule has 20 heavy (non-hydrogen) atoms. The first kappa shape index (κ1) is 15.9. The summed E-state index contributed by atoms with van der Waals surface area (Å²) in [6.45, 7) is 1.31. The van der Waals surface area contributed by atoms with Gasteiger partial charge in [0.1, 0.15) is 5.75 Å². The summed E-state index contributed by atoms with van der Waals surface area (Å²) < 4.78 is 0. The van der Waals surface area contributed by atoms with E-state index in [2.05, 4.69) is 0 Å². The van der Waals surface area contributed by atoms with Crippen LogP contribution in [0.2, 0.25) is 0 Å². The smallest absolute Gasteiger partial charge is 0.308 e. The zero-order valence-corrected chi connectivity index (χ0v) is 11.0. The van der Waals surface area contributed by atoms with E-state index in [1.165, 1.54) is 25.1 Å². The van der Waals surface area contributed by atoms with Crippen molar-refractivity contribution in [2.45, 2.75) is 25.5 Å². The second kappa shape index (κ2) is 6.36. The third kappa shape index (κ3) is 3.69. The first-order valence-electron chi connectivity index (χ1n) is 6.02. The average molecular weight is 282 g/mol. The van der Waals surface area contributed by atoms with Gasteiger partial charge in [-0.15, -0.1) is 0 Å². The summed E-state index contributed by atoms with van der Waals surface area (Å²) in [6, 6.07) is 2.88. The standard InChI is InChI=1S/C13H18N2O5/c1-6(13(19)20)12(18)10(15)5-11(17)8-3-2-7(16)4-9(8)14/h2-4,6,10,12,16,18H,5,14-15H2,1H3,(H,19,20). The van der Waals surface area contributed by atoms with E-state index in [0.717, 1.165) is 0 Å². The van der Waals surface area contributed by atoms with Gasteiger partial charge in [-0.25, -0.2) is 0 Å². The number of hydrogen-bond donors (Lipinski definition) is 5. The minimum atomic E-state index is -1.34. The van der Waals surface area contributed by atoms with Gasteiger partial charge >= 0.3 is 5.97 Å². The van der Waals surface area contributed by atoms with Crippen molar-refractivity contribution in [3.63, 3.8) is 0 Å². The Morgan fingerprint density at radius 1 is 1.35 bits per heavy atom. The van der Waals surface area contributed by atoms with Crippen LogP contribution in [0.1, 0.15) is 23.7 Å². The number of nitrogens with two attached hydrogens (primary N) is 2. The molecule has 0 aliphatic rings. The van der Waals surface area contributed by atoms with Crippen molar-refractivity contribution in [3.8, 4) is 5.75 Å². The maximum absolute atomic E-state index is 12.0. The zero-order chi connectivity index (χ0) is 15.4. The fraction of sp³-hybridized carbons (Fsp3) is 0.385. The minimum absolute atomic E-state index is 0.0668. The van der Waals surface area contributed by atoms with Crippen molar-refractivity contribution < 1.29 is 24.9 Å². The number of carboxylic acids is 1. The van der Waals surface area contributed by atoms with Crippen molar-refractivity contribution in [3.05, 3.63) is 23.8 Å². The number of hydrogen-bond acceptors (Lipinski definition) is 6. The van der Waals surface area contributed by atoms with E-state index in [-0.39, 0.29) is 23.4 Å². The lowest BCUT2D eigenvalue weighted by Crippen LogP contribution is -2.43. The fourth-order valence-corrected chi connectivity index (χ4v) is 1.77. The molecule has 0 heterocycles. The normalized spacial score (nSPS) is 15.3. The van der Waals surface area contributed by atoms with Crippen LogP contribution in [0, 0.1) is 5.92 Å². The third-order valence-electron chi connectivity index (χ3n) is 3.10. The van der Waals surface area contributed by atoms with Crippen molar-refractivity contribution >= 4 is 17.4 Å². The van der Waals surface area contributed by atoms with Gasteiger partial charge in [0, 0.05) is 29.8 Å². The molecule has 110 valence electrons. The Morgan fingerprint density at radius 3 is 2.45 bits per heavy atom. The van der Waals surface area contributed by atoms with Crippen LogP contribution >= 0.6 is 0 Å². The molecule has 0 radical (unpaired) electrons. The highest BCUT2D eigenvalue weighted by Crippen LogP contribution is 2.21. The molecule has 0 amide bonds. The van der Waals surface area contributed by atoms with Crippen LogP contribution in [-0.4, -0.2) is 39.2 Å². The Hall–Kier alpha value is -2.12. The molecule has 7 heteroatoms. The number of aliphatic carboxylic acids is 1. The number of benzene rings is 1. The number of carbonyl (C=O) groups excluding carboxylic acids is 1. The second-order valence-corrected chi connectivity index (χ2v) is 4.68. The highest BCUT2D eigenvalue weighted by molar-refractivity contribution is 6.01. The number of phenols is 1. The van der Waals surface area contributed by atoms with Crippen LogP contribution in [0.4, 0.5) is 5.69 Å². The van der Waals surface area contributed by atoms with Crippen LogP contribution in [0.5, 0.6) is 5.75 Å². The average Bonchev–Trinajstić information content (AvgIpc) is 2.36. The highest BCUT2D eigenvalue weighted by Gasteiger charge is 2.29. The van der Waals surface area contributed by atoms with E-state index in [4.69, 9.17) is 16.6 Å². The summed E-state index contributed by atoms with van der Waals surface area (Å²) in [6.07, 6.45) is -1.58. The lowest BCUT2D eigenvalue weighted by molar-refractivity contribution is -0.145. The molecule has 0 aliphatic heterocycles. The number of carboxylic acid groups (broad SMARTS) is 1. The fourth-order valence-electron chi connectivity index (χ4n) is 1.77. The van der Waals surface area contributed by atoms with Gasteiger partial charge < -0.3 is 26.8 Å². The monoisotopic (exact) mass is 282 g/mol. The van der Waals surface area contributed by atoms with Gasteiger partial charge in [-0.3, -0.25) is 9.59 Å². The molecule has 1 aromatic rings. The molecule has 1 aromatic carbocycles. The Morgan fingerprint density at radius 2 is 1.95 bits per heavy atom. The van der Waals surface area contributed by atoms with E-state index in [9.17, 15) is 19.8 Å². The molecular weight excluding hydrogens is 264 g/mol. The summed E-state index contributed by atoms with van der Waals surface area (Å²) in [5, 5.41) is 27.7. The molecule has 3 atom stereocenters. The number of phenolic OH excluding ortho intramolecular Hbond substituents is 1. The first-order valence-corrected chi connectivity index (χ1v) is 6.02. The number of rotatable bonds is 6. The SMILES string of the molecule is CC(C(=O)O)C(O)C(N)CC(=O)c1ccc(O)cc1N. The molecular formula is C13H18N2O5. The lowest BCUT2D eigenvalue weighted by Gasteiger charge is -2.21. The topological polar surface area (TPSA) is 147 Å². The number of aromatic hydroxyl groups is 1. The predicted molar refractivity (Wildman–Crippen MR) is 72.2 cm³/mol. The second-order valence-electron chi connectivity index (χ2n) is 4.68. The Labute approximate surface area is 115 Å². The molecule has 7 N–H and O–H groups in total. The van der Waals surface area contributed by atoms with Crippen molar-refractivity contribution in [2.75, 3.05) is 5.73 Å². The van der Waals surface area contributed by atoms with E-state index in [1.807, 2.05) is 0 Å². The minimum Gasteiger partial charge on any atom is -0.508 e. The lowest BCUT2D eigenvalue weighted by atomic mass is 9.93. The Balaban J connectivity index is 2.77. The Bertz CT molecular complexity index is 517. The zero-order valence-electron chi connectivity index (χ0n) is 11.0. The van der Waals surface area contributed by atoms with Gasteiger partial charge in [0.2, 0.25) is 0 Å². The maximum Gasteiger partial charge on any atom is 0.308 e. The van der Waals surface area contributed by atoms with Crippen LogP contribution in [0.3, 0.4) is 0 Å². The Kier molecular flexibility index (Phi) is 5.06. The number of aliphatic hydroxyl groups is 1. The third-order valence-corrected chi connectivity index (χ3v) is 3.10. The molecule has 0 spiro atoms. The largest absolute Gasteiger partial charge is 0.508 e. The van der Waals surface area contributed by atoms with Crippen LogP contribution < -0.4 is 11.5 Å². The van der Waals surface area contributed by atoms with Crippen LogP contribution in [-0.2, 0) is 4.79 Å². The highest BCUT2D eigenvalue weighted by atomic mass is 16.4. The van der Waals surface area contributed by atoms with Crippen molar-refractivity contribution in [1.29, 1.82) is 0 Å². The maximum atomic E-state index is 12.0. The molecule has 0 saturated carbocycles. The number of carbonyl (C=O) groups is 2. The molecule has 0 fully saturated rings. The summed E-state index contributed by atoms with van der Waals surface area (Å²) in [5.41, 5.74) is 11.5. The molecule has 0 aliphatic carbocycles. The molecule has 3 unspecified atom stereocenters. The number of ketones is 1. The van der Waals surface area contributed by atoms with Gasteiger partial charge in [0.15, 0.2) is 5.78 Å². The quantitative estimate of drug-likeness (QED) is 0.363. The van der Waals surface area contributed by atoms with E-state index in [1.54, 1.807) is 0 Å². The molecule has 0 aromatic heterocycles. The summed E-state index contributed by atoms with van der Waals surface area (Å²) >= 11 is 0. The first-order chi connectivity index (χ1) is 9.23. The van der Waals surface area contributed by atoms with Gasteiger partial charge in [0.05, 0.1) is 12.0 Å². The number of Topliss-reactive ketones (excluding diaryl/α,β-unsaturated/α-hetero) is 1. The van der Waals surface area contributed by atoms with Gasteiger partial charge in [0.25, 0.3) is 0 Å². The van der Waals surface area contributed by atoms with Crippen LogP contribution in [0.25, 0.3) is 0 Å². The van der Waals surface area contributed by atoms with E-state index < -0.39 is 29.8 Å². The summed E-state index contributed by atoms with van der Waals surface area (Å²) in [4.78, 5) is 22.7. The van der Waals surface area contributed by atoms with Crippen LogP contribution in [0.15, 0.2) is 18.2 Å². The molecule has 1 rings (SSSR count). The number of nitrogen functional groups attached to an aromatic ring is 1. The van der Waals surface area contributed by atoms with Crippen molar-refractivity contribution in [2.24, 2.45) is 11.7 Å². The molecule has 7 nitrogen and oxygen atoms in total. The predicted octanol–water partition coefficient (Wildman–Crippen LogP) is -0.0439. The van der Waals surface area contributed by atoms with Crippen molar-refractivity contribution in [1.82, 2.24) is 0 Å². The van der Waals surface area contributed by atoms with E-state index >= 15 is 0 Å². The summed E-state index contributed by atoms with van der Waals surface area (Å²) in [5.74, 6) is -2.76. The van der Waals surface area contributed by atoms with Gasteiger partial charge in [-0.1, -0.05) is 0 Å². The van der Waals surface area contributed by atoms with E-state index in [0.29, 0.717) is 0 Å². The number of aliphatic hydroxyl groups excluding tert-OH is 1. The van der Waals surface area contributed by atoms with Gasteiger partial charge in [-0.05, 0) is 19.1 Å². The van der Waals surface area contributed by atoms with Gasteiger partial charge in [-0.2, -0.15) is 0 Å². The molecule has 0 bridgehead atoms. The molecule has 0 saturated heterocycles. The number of anilines is 1. The summed E-state index contributed by atoms with van der Waals surface area (Å²) in [7, 11) is 0.